The second-order valence-electron chi connectivity index (χ2n) is 1.42. The highest BCUT2D eigenvalue weighted by Crippen LogP contribution is 2.11. The Bertz CT molecular complexity index is 103. The molecule has 0 rings (SSSR count). The summed E-state index contributed by atoms with van der Waals surface area (Å²) in [7, 11) is 0. The molecule has 5 heteroatoms. The van der Waals surface area contributed by atoms with E-state index in [1.54, 1.807) is 0 Å². The standard InChI is InChI=1S/C4H7BrO3.H3P/c1-3(6)2-4(5,7)8;/h2,6-8H,1H3;1H3. The summed E-state index contributed by atoms with van der Waals surface area (Å²) in [6, 6.07) is 0. The lowest BCUT2D eigenvalue weighted by Gasteiger charge is -2.05. The molecule has 0 bridgehead atoms. The molecule has 0 aliphatic heterocycles. The lowest BCUT2D eigenvalue weighted by molar-refractivity contribution is -0.0279. The molecule has 0 fully saturated rings. The molecule has 1 unspecified atom stereocenters. The number of allylic oxidation sites excluding steroid dienone is 1. The summed E-state index contributed by atoms with van der Waals surface area (Å²) >= 11 is 2.45. The summed E-state index contributed by atoms with van der Waals surface area (Å²) < 4.78 is -2.08. The molecule has 0 saturated carbocycles. The molecule has 3 nitrogen and oxygen atoms in total. The highest BCUT2D eigenvalue weighted by atomic mass is 79.9. The van der Waals surface area contributed by atoms with Crippen LogP contribution >= 0.6 is 25.8 Å². The smallest absolute Gasteiger partial charge is 0.245 e. The summed E-state index contributed by atoms with van der Waals surface area (Å²) in [5.74, 6) is -0.146. The molecule has 0 aliphatic rings. The molecule has 0 radical (unpaired) electrons. The third-order valence-corrected chi connectivity index (χ3v) is 0.621. The van der Waals surface area contributed by atoms with Crippen molar-refractivity contribution in [2.75, 3.05) is 0 Å². The van der Waals surface area contributed by atoms with Gasteiger partial charge in [0.15, 0.2) is 0 Å². The first-order chi connectivity index (χ1) is 3.42. The Morgan fingerprint density at radius 2 is 1.89 bits per heavy atom. The van der Waals surface area contributed by atoms with Crippen molar-refractivity contribution >= 4 is 25.8 Å². The zero-order chi connectivity index (χ0) is 6.78. The lowest BCUT2D eigenvalue weighted by atomic mass is 10.5. The Hall–Kier alpha value is 0.370. The summed E-state index contributed by atoms with van der Waals surface area (Å²) in [6.45, 7) is 1.34. The van der Waals surface area contributed by atoms with Crippen LogP contribution in [0.5, 0.6) is 0 Å². The summed E-state index contributed by atoms with van der Waals surface area (Å²) in [4.78, 5) is 0. The second kappa shape index (κ2) is 4.23. The predicted octanol–water partition coefficient (Wildman–Crippen LogP) is 0.540. The predicted molar refractivity (Wildman–Crippen MR) is 43.6 cm³/mol. The molecule has 9 heavy (non-hydrogen) atoms. The van der Waals surface area contributed by atoms with Gasteiger partial charge in [0.25, 0.3) is 0 Å². The Morgan fingerprint density at radius 1 is 1.56 bits per heavy atom. The van der Waals surface area contributed by atoms with Gasteiger partial charge < -0.3 is 15.3 Å². The van der Waals surface area contributed by atoms with Gasteiger partial charge in [0.1, 0.15) is 0 Å². The van der Waals surface area contributed by atoms with E-state index < -0.39 is 4.70 Å². The van der Waals surface area contributed by atoms with Gasteiger partial charge in [-0.05, 0) is 22.9 Å². The average molecular weight is 217 g/mol. The molecule has 0 aromatic carbocycles. The van der Waals surface area contributed by atoms with Crippen LogP contribution in [0.4, 0.5) is 0 Å². The van der Waals surface area contributed by atoms with Crippen LogP contribution in [0, 0.1) is 0 Å². The van der Waals surface area contributed by atoms with Gasteiger partial charge in [0, 0.05) is 6.08 Å². The fourth-order valence-corrected chi connectivity index (χ4v) is 0.597. The number of rotatable bonds is 1. The monoisotopic (exact) mass is 216 g/mol. The minimum atomic E-state index is -2.08. The van der Waals surface area contributed by atoms with E-state index in [0.29, 0.717) is 0 Å². The molecule has 1 atom stereocenters. The molecule has 0 heterocycles. The highest BCUT2D eigenvalue weighted by molar-refractivity contribution is 9.10. The van der Waals surface area contributed by atoms with Crippen molar-refractivity contribution in [2.24, 2.45) is 0 Å². The molecular formula is C4H10BrO3P. The quantitative estimate of drug-likeness (QED) is 0.260. The van der Waals surface area contributed by atoms with Gasteiger partial charge in [-0.3, -0.25) is 0 Å². The van der Waals surface area contributed by atoms with Crippen molar-refractivity contribution in [2.45, 2.75) is 11.6 Å². The third kappa shape index (κ3) is 11.8. The van der Waals surface area contributed by atoms with Gasteiger partial charge in [-0.1, -0.05) is 0 Å². The Balaban J connectivity index is 0. The average Bonchev–Trinajstić information content (AvgIpc) is 1.21. The third-order valence-electron chi connectivity index (χ3n) is 0.393. The van der Waals surface area contributed by atoms with Crippen LogP contribution in [0.3, 0.4) is 0 Å². The van der Waals surface area contributed by atoms with Crippen molar-refractivity contribution in [1.82, 2.24) is 0 Å². The molecule has 56 valence electrons. The number of halogens is 1. The van der Waals surface area contributed by atoms with E-state index in [9.17, 15) is 0 Å². The number of hydrogen-bond donors (Lipinski definition) is 3. The molecule has 0 spiro atoms. The van der Waals surface area contributed by atoms with E-state index in [-0.39, 0.29) is 15.7 Å². The van der Waals surface area contributed by atoms with E-state index in [1.807, 2.05) is 0 Å². The van der Waals surface area contributed by atoms with Crippen LogP contribution in [-0.2, 0) is 0 Å². The maximum atomic E-state index is 8.42. The maximum absolute atomic E-state index is 8.42. The minimum Gasteiger partial charge on any atom is -0.513 e. The first kappa shape index (κ1) is 12.1. The van der Waals surface area contributed by atoms with E-state index >= 15 is 0 Å². The zero-order valence-corrected chi connectivity index (χ0v) is 8.00. The van der Waals surface area contributed by atoms with Crippen molar-refractivity contribution in [3.8, 4) is 0 Å². The van der Waals surface area contributed by atoms with Gasteiger partial charge in [-0.15, -0.1) is 0 Å². The molecular weight excluding hydrogens is 207 g/mol. The van der Waals surface area contributed by atoms with Crippen LogP contribution in [0.25, 0.3) is 0 Å². The molecule has 0 aromatic rings. The van der Waals surface area contributed by atoms with Gasteiger partial charge in [-0.25, -0.2) is 0 Å². The fraction of sp³-hybridized carbons (Fsp3) is 0.500. The van der Waals surface area contributed by atoms with E-state index in [0.717, 1.165) is 6.08 Å². The first-order valence-electron chi connectivity index (χ1n) is 1.94. The van der Waals surface area contributed by atoms with Crippen LogP contribution < -0.4 is 0 Å². The Morgan fingerprint density at radius 3 is 1.89 bits per heavy atom. The number of aliphatic hydroxyl groups is 3. The van der Waals surface area contributed by atoms with Crippen molar-refractivity contribution < 1.29 is 15.3 Å². The van der Waals surface area contributed by atoms with Gasteiger partial charge in [0.05, 0.1) is 5.76 Å². The van der Waals surface area contributed by atoms with Crippen LogP contribution in [0.2, 0.25) is 0 Å². The number of aliphatic hydroxyl groups excluding tert-OH is 1. The number of hydrogen-bond acceptors (Lipinski definition) is 3. The van der Waals surface area contributed by atoms with Crippen LogP contribution in [0.15, 0.2) is 11.8 Å². The summed E-state index contributed by atoms with van der Waals surface area (Å²) in [5, 5.41) is 25.2. The van der Waals surface area contributed by atoms with E-state index in [2.05, 4.69) is 15.9 Å². The summed E-state index contributed by atoms with van der Waals surface area (Å²) in [5.41, 5.74) is 0. The molecule has 0 amide bonds. The Labute approximate surface area is 65.1 Å². The molecule has 0 saturated heterocycles. The SMILES string of the molecule is CC(O)=CC(O)(O)Br.P. The number of alkyl halides is 1. The zero-order valence-electron chi connectivity index (χ0n) is 5.00. The van der Waals surface area contributed by atoms with Gasteiger partial charge in [0.2, 0.25) is 4.70 Å². The highest BCUT2D eigenvalue weighted by Gasteiger charge is 2.12. The topological polar surface area (TPSA) is 60.7 Å². The maximum Gasteiger partial charge on any atom is 0.245 e. The van der Waals surface area contributed by atoms with Gasteiger partial charge in [-0.2, -0.15) is 9.90 Å². The van der Waals surface area contributed by atoms with E-state index in [1.165, 1.54) is 6.92 Å². The van der Waals surface area contributed by atoms with Crippen LogP contribution in [0.1, 0.15) is 6.92 Å². The van der Waals surface area contributed by atoms with Gasteiger partial charge >= 0.3 is 0 Å². The van der Waals surface area contributed by atoms with Crippen LogP contribution in [-0.4, -0.2) is 20.0 Å². The van der Waals surface area contributed by atoms with Crippen molar-refractivity contribution in [3.63, 3.8) is 0 Å². The molecule has 0 aromatic heterocycles. The normalized spacial score (nSPS) is 12.7. The molecule has 0 aliphatic carbocycles. The van der Waals surface area contributed by atoms with Crippen molar-refractivity contribution in [1.29, 1.82) is 0 Å². The molecule has 3 N–H and O–H groups in total. The first-order valence-corrected chi connectivity index (χ1v) is 2.73. The fourth-order valence-electron chi connectivity index (χ4n) is 0.266. The Kier molecular flexibility index (Phi) is 5.68. The van der Waals surface area contributed by atoms with Crippen molar-refractivity contribution in [3.05, 3.63) is 11.8 Å². The largest absolute Gasteiger partial charge is 0.513 e. The van der Waals surface area contributed by atoms with E-state index in [4.69, 9.17) is 15.3 Å². The lowest BCUT2D eigenvalue weighted by Crippen LogP contribution is -2.14. The summed E-state index contributed by atoms with van der Waals surface area (Å²) in [6.07, 6.45) is 0.854. The second-order valence-corrected chi connectivity index (χ2v) is 2.59. The minimum absolute atomic E-state index is 0.